The van der Waals surface area contributed by atoms with Gasteiger partial charge in [0.1, 0.15) is 0 Å². The Balaban J connectivity index is 4.64. The average Bonchev–Trinajstić information content (AvgIpc) is 2.56. The first-order valence-electron chi connectivity index (χ1n) is 12.0. The summed E-state index contributed by atoms with van der Waals surface area (Å²) < 4.78 is 0. The highest BCUT2D eigenvalue weighted by Crippen LogP contribution is 2.27. The van der Waals surface area contributed by atoms with E-state index in [4.69, 9.17) is 0 Å². The van der Waals surface area contributed by atoms with Crippen LogP contribution in [0.25, 0.3) is 0 Å². The Bertz CT molecular complexity index is 304. The van der Waals surface area contributed by atoms with Gasteiger partial charge in [-0.3, -0.25) is 0 Å². The van der Waals surface area contributed by atoms with Crippen LogP contribution < -0.4 is 0 Å². The minimum atomic E-state index is 0.461. The quantitative estimate of drug-likeness (QED) is 0.248. The van der Waals surface area contributed by atoms with Crippen molar-refractivity contribution >= 4 is 0 Å². The Hall–Kier alpha value is -0.0400. The number of rotatable bonds is 16. The van der Waals surface area contributed by atoms with Gasteiger partial charge >= 0.3 is 0 Å². The predicted molar refractivity (Wildman–Crippen MR) is 121 cm³/mol. The molecule has 0 aliphatic carbocycles. The van der Waals surface area contributed by atoms with Gasteiger partial charge in [-0.1, -0.05) is 93.4 Å². The van der Waals surface area contributed by atoms with Crippen LogP contribution in [0.15, 0.2) is 0 Å². The van der Waals surface area contributed by atoms with Gasteiger partial charge in [-0.2, -0.15) is 0 Å². The van der Waals surface area contributed by atoms with Gasteiger partial charge in [0.25, 0.3) is 0 Å². The van der Waals surface area contributed by atoms with Crippen LogP contribution in [0.4, 0.5) is 0 Å². The van der Waals surface area contributed by atoms with Gasteiger partial charge in [-0.05, 0) is 56.4 Å². The van der Waals surface area contributed by atoms with Crippen LogP contribution in [0.2, 0.25) is 0 Å². The van der Waals surface area contributed by atoms with E-state index in [0.717, 1.165) is 17.9 Å². The van der Waals surface area contributed by atoms with Crippen LogP contribution in [0.1, 0.15) is 126 Å². The van der Waals surface area contributed by atoms with E-state index in [1.807, 2.05) is 0 Å². The van der Waals surface area contributed by atoms with Gasteiger partial charge in [-0.15, -0.1) is 0 Å². The summed E-state index contributed by atoms with van der Waals surface area (Å²) in [5, 5.41) is 0. The summed E-state index contributed by atoms with van der Waals surface area (Å²) in [4.78, 5) is 2.86. The maximum Gasteiger partial charge on any atom is 0.00670 e. The molecule has 26 heavy (non-hydrogen) atoms. The van der Waals surface area contributed by atoms with Gasteiger partial charge in [0.05, 0.1) is 0 Å². The third kappa shape index (κ3) is 14.1. The summed E-state index contributed by atoms with van der Waals surface area (Å²) in [6.45, 7) is 21.8. The van der Waals surface area contributed by atoms with E-state index in [0.29, 0.717) is 5.41 Å². The molecule has 0 saturated carbocycles. The second kappa shape index (κ2) is 14.9. The second-order valence-corrected chi connectivity index (χ2v) is 10.3. The summed E-state index contributed by atoms with van der Waals surface area (Å²) in [6, 6.07) is 0.754. The minimum Gasteiger partial charge on any atom is -0.300 e. The number of nitrogens with zero attached hydrogens (tertiary/aromatic N) is 1. The first-order chi connectivity index (χ1) is 12.2. The fourth-order valence-corrected chi connectivity index (χ4v) is 4.32. The molecule has 0 amide bonds. The maximum absolute atomic E-state index is 2.86. The van der Waals surface area contributed by atoms with Crippen molar-refractivity contribution in [3.8, 4) is 0 Å². The zero-order chi connectivity index (χ0) is 20.0. The van der Waals surface area contributed by atoms with E-state index in [-0.39, 0.29) is 0 Å². The maximum atomic E-state index is 2.86. The molecule has 1 heteroatoms. The van der Waals surface area contributed by atoms with Gasteiger partial charge in [-0.25, -0.2) is 0 Å². The Morgan fingerprint density at radius 1 is 0.769 bits per heavy atom. The molecule has 0 N–H and O–H groups in total. The molecule has 0 spiro atoms. The molecule has 158 valence electrons. The zero-order valence-corrected chi connectivity index (χ0v) is 19.9. The molecule has 0 radical (unpaired) electrons. The van der Waals surface area contributed by atoms with E-state index in [1.165, 1.54) is 83.7 Å². The summed E-state index contributed by atoms with van der Waals surface area (Å²) in [5.41, 5.74) is 0.461. The molecule has 1 nitrogen and oxygen atoms in total. The first-order valence-corrected chi connectivity index (χ1v) is 12.0. The van der Waals surface area contributed by atoms with Crippen LogP contribution in [0.3, 0.4) is 0 Å². The third-order valence-electron chi connectivity index (χ3n) is 6.00. The predicted octanol–water partition coefficient (Wildman–Crippen LogP) is 8.33. The first kappa shape index (κ1) is 26.0. The molecule has 0 aromatic carbocycles. The SMILES string of the molecule is CCCCCCC(C)N(CCC(C)CC(C)(C)C)CC(CC)CCCC. The van der Waals surface area contributed by atoms with Crippen LogP contribution >= 0.6 is 0 Å². The Morgan fingerprint density at radius 3 is 1.96 bits per heavy atom. The van der Waals surface area contributed by atoms with Crippen LogP contribution in [0, 0.1) is 17.3 Å². The fraction of sp³-hybridized carbons (Fsp3) is 1.00. The molecule has 3 unspecified atom stereocenters. The fourth-order valence-electron chi connectivity index (χ4n) is 4.32. The van der Waals surface area contributed by atoms with E-state index in [2.05, 4.69) is 60.3 Å². The lowest BCUT2D eigenvalue weighted by molar-refractivity contribution is 0.145. The van der Waals surface area contributed by atoms with Crippen molar-refractivity contribution in [1.82, 2.24) is 4.90 Å². The van der Waals surface area contributed by atoms with Crippen molar-refractivity contribution < 1.29 is 0 Å². The van der Waals surface area contributed by atoms with Crippen LogP contribution in [0.5, 0.6) is 0 Å². The molecule has 0 aliphatic heterocycles. The van der Waals surface area contributed by atoms with Gasteiger partial charge in [0.15, 0.2) is 0 Å². The summed E-state index contributed by atoms with van der Waals surface area (Å²) >= 11 is 0. The van der Waals surface area contributed by atoms with Crippen molar-refractivity contribution in [3.63, 3.8) is 0 Å². The topological polar surface area (TPSA) is 3.24 Å². The number of unbranched alkanes of at least 4 members (excludes halogenated alkanes) is 4. The second-order valence-electron chi connectivity index (χ2n) is 10.3. The van der Waals surface area contributed by atoms with Crippen LogP contribution in [-0.4, -0.2) is 24.0 Å². The van der Waals surface area contributed by atoms with E-state index in [1.54, 1.807) is 0 Å². The Labute approximate surface area is 167 Å². The molecule has 0 heterocycles. The van der Waals surface area contributed by atoms with Crippen molar-refractivity contribution in [1.29, 1.82) is 0 Å². The highest BCUT2D eigenvalue weighted by atomic mass is 15.1. The van der Waals surface area contributed by atoms with Crippen molar-refractivity contribution in [3.05, 3.63) is 0 Å². The number of hydrogen-bond donors (Lipinski definition) is 0. The van der Waals surface area contributed by atoms with E-state index >= 15 is 0 Å². The molecule has 0 aromatic heterocycles. The van der Waals surface area contributed by atoms with Gasteiger partial charge in [0, 0.05) is 12.6 Å². The molecular formula is C25H53N. The molecule has 0 fully saturated rings. The van der Waals surface area contributed by atoms with Crippen molar-refractivity contribution in [2.45, 2.75) is 132 Å². The molecular weight excluding hydrogens is 314 g/mol. The average molecular weight is 368 g/mol. The standard InChI is InChI=1S/C25H53N/c1-9-12-14-15-16-23(5)26(21-24(11-3)17-13-10-2)19-18-22(4)20-25(6,7)8/h22-24H,9-21H2,1-8H3. The third-order valence-corrected chi connectivity index (χ3v) is 6.00. The van der Waals surface area contributed by atoms with Crippen LogP contribution in [-0.2, 0) is 0 Å². The summed E-state index contributed by atoms with van der Waals surface area (Å²) in [6.07, 6.45) is 15.2. The Morgan fingerprint density at radius 2 is 1.42 bits per heavy atom. The highest BCUT2D eigenvalue weighted by Gasteiger charge is 2.20. The largest absolute Gasteiger partial charge is 0.300 e. The zero-order valence-electron chi connectivity index (χ0n) is 19.9. The molecule has 0 rings (SSSR count). The van der Waals surface area contributed by atoms with E-state index in [9.17, 15) is 0 Å². The molecule has 3 atom stereocenters. The van der Waals surface area contributed by atoms with E-state index < -0.39 is 0 Å². The lowest BCUT2D eigenvalue weighted by Crippen LogP contribution is -2.38. The molecule has 0 bridgehead atoms. The van der Waals surface area contributed by atoms with Crippen molar-refractivity contribution in [2.75, 3.05) is 13.1 Å². The smallest absolute Gasteiger partial charge is 0.00670 e. The molecule has 0 aromatic rings. The van der Waals surface area contributed by atoms with Gasteiger partial charge in [0.2, 0.25) is 0 Å². The Kier molecular flexibility index (Phi) is 14.9. The minimum absolute atomic E-state index is 0.461. The molecule has 0 saturated heterocycles. The lowest BCUT2D eigenvalue weighted by Gasteiger charge is -2.34. The van der Waals surface area contributed by atoms with Crippen molar-refractivity contribution in [2.24, 2.45) is 17.3 Å². The normalized spacial score (nSPS) is 16.0. The van der Waals surface area contributed by atoms with Gasteiger partial charge < -0.3 is 4.90 Å². The highest BCUT2D eigenvalue weighted by molar-refractivity contribution is 4.74. The summed E-state index contributed by atoms with van der Waals surface area (Å²) in [5.74, 6) is 1.73. The summed E-state index contributed by atoms with van der Waals surface area (Å²) in [7, 11) is 0. The molecule has 0 aliphatic rings. The monoisotopic (exact) mass is 367 g/mol. The lowest BCUT2D eigenvalue weighted by atomic mass is 9.84. The number of hydrogen-bond acceptors (Lipinski definition) is 1.